The summed E-state index contributed by atoms with van der Waals surface area (Å²) in [7, 11) is 0. The van der Waals surface area contributed by atoms with Crippen molar-refractivity contribution >= 4 is 58.8 Å². The van der Waals surface area contributed by atoms with Crippen LogP contribution in [0.15, 0.2) is 114 Å². The molecule has 0 saturated carbocycles. The molecule has 4 aromatic carbocycles. The van der Waals surface area contributed by atoms with Crippen LogP contribution < -0.4 is 15.5 Å². The van der Waals surface area contributed by atoms with Gasteiger partial charge in [-0.15, -0.1) is 11.8 Å². The smallest absolute Gasteiger partial charge is 0.338 e. The lowest BCUT2D eigenvalue weighted by Gasteiger charge is -2.16. The average molecular weight is 638 g/mol. The number of rotatable bonds is 10. The number of esters is 1. The molecule has 1 heterocycles. The zero-order valence-corrected chi connectivity index (χ0v) is 25.4. The molecule has 2 N–H and O–H groups in total. The normalized spacial score (nSPS) is 14.6. The Labute approximate surface area is 268 Å². The number of carbonyl (C=O) groups is 5. The van der Waals surface area contributed by atoms with Crippen LogP contribution in [0.1, 0.15) is 39.6 Å². The summed E-state index contributed by atoms with van der Waals surface area (Å²) in [5, 5.41) is 4.58. The number of imide groups is 1. The Morgan fingerprint density at radius 3 is 2.35 bits per heavy atom. The summed E-state index contributed by atoms with van der Waals surface area (Å²) in [5.74, 6) is -3.10. The number of anilines is 2. The molecule has 1 unspecified atom stereocenters. The summed E-state index contributed by atoms with van der Waals surface area (Å²) in [6.45, 7) is 1.92. The first kappa shape index (κ1) is 31.9. The summed E-state index contributed by atoms with van der Waals surface area (Å²) in [5.41, 5.74) is 1.24. The molecule has 0 bridgehead atoms. The van der Waals surface area contributed by atoms with E-state index in [1.165, 1.54) is 60.3 Å². The number of amides is 4. The van der Waals surface area contributed by atoms with Gasteiger partial charge in [0, 0.05) is 28.1 Å². The molecule has 0 aromatic heterocycles. The highest BCUT2D eigenvalue weighted by Crippen LogP contribution is 2.35. The molecule has 11 heteroatoms. The number of hydrogen-bond donors (Lipinski definition) is 2. The van der Waals surface area contributed by atoms with Crippen molar-refractivity contribution in [1.82, 2.24) is 5.32 Å². The SMILES string of the molecule is CCOC(=O)c1ccc(N2C(=O)CC(Sc3cccc(NC(=O)C(=Cc4ccccc4F)NC(=O)c4ccccc4)c3)C2=O)cc1. The molecule has 5 rings (SSSR count). The van der Waals surface area contributed by atoms with Gasteiger partial charge in [-0.2, -0.15) is 0 Å². The third-order valence-electron chi connectivity index (χ3n) is 6.85. The summed E-state index contributed by atoms with van der Waals surface area (Å²) in [6.07, 6.45) is 1.21. The van der Waals surface area contributed by atoms with Gasteiger partial charge in [0.25, 0.3) is 11.8 Å². The van der Waals surface area contributed by atoms with Crippen LogP contribution in [0.3, 0.4) is 0 Å². The van der Waals surface area contributed by atoms with E-state index < -0.39 is 34.8 Å². The summed E-state index contributed by atoms with van der Waals surface area (Å²) in [4.78, 5) is 66.0. The van der Waals surface area contributed by atoms with Gasteiger partial charge in [0.1, 0.15) is 11.5 Å². The fourth-order valence-corrected chi connectivity index (χ4v) is 5.74. The van der Waals surface area contributed by atoms with Gasteiger partial charge in [-0.3, -0.25) is 19.2 Å². The Hall–Kier alpha value is -5.55. The van der Waals surface area contributed by atoms with E-state index in [0.717, 1.165) is 4.90 Å². The molecule has 0 aliphatic carbocycles. The van der Waals surface area contributed by atoms with Crippen LogP contribution in [0, 0.1) is 5.82 Å². The molecule has 1 aliphatic rings. The van der Waals surface area contributed by atoms with Crippen molar-refractivity contribution in [3.8, 4) is 0 Å². The van der Waals surface area contributed by atoms with Crippen LogP contribution in [0.25, 0.3) is 6.08 Å². The van der Waals surface area contributed by atoms with Crippen LogP contribution in [-0.2, 0) is 19.1 Å². The summed E-state index contributed by atoms with van der Waals surface area (Å²) >= 11 is 1.17. The van der Waals surface area contributed by atoms with Gasteiger partial charge in [0.2, 0.25) is 11.8 Å². The van der Waals surface area contributed by atoms with E-state index in [1.54, 1.807) is 67.6 Å². The van der Waals surface area contributed by atoms with Gasteiger partial charge in [-0.25, -0.2) is 14.1 Å². The topological polar surface area (TPSA) is 122 Å². The van der Waals surface area contributed by atoms with Gasteiger partial charge < -0.3 is 15.4 Å². The molecule has 1 aliphatic heterocycles. The number of thioether (sulfide) groups is 1. The molecule has 1 saturated heterocycles. The first-order valence-electron chi connectivity index (χ1n) is 14.3. The van der Waals surface area contributed by atoms with Crippen LogP contribution >= 0.6 is 11.8 Å². The lowest BCUT2D eigenvalue weighted by atomic mass is 10.1. The number of halogens is 1. The van der Waals surface area contributed by atoms with Crippen molar-refractivity contribution in [2.75, 3.05) is 16.8 Å². The van der Waals surface area contributed by atoms with E-state index in [-0.39, 0.29) is 30.2 Å². The molecule has 46 heavy (non-hydrogen) atoms. The van der Waals surface area contributed by atoms with E-state index in [0.29, 0.717) is 27.4 Å². The van der Waals surface area contributed by atoms with E-state index in [1.807, 2.05) is 0 Å². The van der Waals surface area contributed by atoms with E-state index >= 15 is 0 Å². The predicted molar refractivity (Wildman–Crippen MR) is 173 cm³/mol. The third kappa shape index (κ3) is 7.56. The fourth-order valence-electron chi connectivity index (χ4n) is 4.63. The minimum atomic E-state index is -0.718. The zero-order valence-electron chi connectivity index (χ0n) is 24.6. The second-order valence-corrected chi connectivity index (χ2v) is 11.3. The first-order chi connectivity index (χ1) is 22.2. The molecule has 0 radical (unpaired) electrons. The predicted octanol–water partition coefficient (Wildman–Crippen LogP) is 5.84. The average Bonchev–Trinajstić information content (AvgIpc) is 3.34. The van der Waals surface area contributed by atoms with Gasteiger partial charge >= 0.3 is 5.97 Å². The highest BCUT2D eigenvalue weighted by molar-refractivity contribution is 8.00. The molecule has 4 amide bonds. The second-order valence-electron chi connectivity index (χ2n) is 10.0. The van der Waals surface area contributed by atoms with Crippen molar-refractivity contribution in [2.24, 2.45) is 0 Å². The number of ether oxygens (including phenoxy) is 1. The molecular weight excluding hydrogens is 609 g/mol. The first-order valence-corrected chi connectivity index (χ1v) is 15.2. The fraction of sp³-hybridized carbons (Fsp3) is 0.114. The van der Waals surface area contributed by atoms with Gasteiger partial charge in [-0.05, 0) is 73.7 Å². The standard InChI is InChI=1S/C35H28FN3O6S/c1-2-45-35(44)23-15-17-26(18-16-23)39-31(40)21-30(34(39)43)46-27-13-8-12-25(20-27)37-33(42)29(19-24-11-6-7-14-28(24)36)38-32(41)22-9-4-3-5-10-22/h3-20,30H,2,21H2,1H3,(H,37,42)(H,38,41). The van der Waals surface area contributed by atoms with Crippen molar-refractivity contribution in [3.05, 3.63) is 131 Å². The second kappa shape index (κ2) is 14.5. The largest absolute Gasteiger partial charge is 0.462 e. The third-order valence-corrected chi connectivity index (χ3v) is 8.02. The molecule has 4 aromatic rings. The van der Waals surface area contributed by atoms with Crippen molar-refractivity contribution in [2.45, 2.75) is 23.5 Å². The molecule has 9 nitrogen and oxygen atoms in total. The Kier molecular flexibility index (Phi) is 10.0. The number of benzene rings is 4. The maximum atomic E-state index is 14.5. The number of nitrogens with zero attached hydrogens (tertiary/aromatic N) is 1. The maximum absolute atomic E-state index is 14.5. The highest BCUT2D eigenvalue weighted by atomic mass is 32.2. The van der Waals surface area contributed by atoms with Crippen LogP contribution in [-0.4, -0.2) is 41.5 Å². The highest BCUT2D eigenvalue weighted by Gasteiger charge is 2.40. The van der Waals surface area contributed by atoms with Crippen molar-refractivity contribution in [3.63, 3.8) is 0 Å². The van der Waals surface area contributed by atoms with Crippen LogP contribution in [0.5, 0.6) is 0 Å². The summed E-state index contributed by atoms with van der Waals surface area (Å²) in [6, 6.07) is 26.9. The summed E-state index contributed by atoms with van der Waals surface area (Å²) < 4.78 is 19.4. The lowest BCUT2D eigenvalue weighted by Crippen LogP contribution is -2.31. The zero-order chi connectivity index (χ0) is 32.6. The Morgan fingerprint density at radius 1 is 0.913 bits per heavy atom. The van der Waals surface area contributed by atoms with E-state index in [2.05, 4.69) is 10.6 Å². The van der Waals surface area contributed by atoms with Gasteiger partial charge in [-0.1, -0.05) is 42.5 Å². The van der Waals surface area contributed by atoms with Crippen LogP contribution in [0.2, 0.25) is 0 Å². The van der Waals surface area contributed by atoms with E-state index in [9.17, 15) is 28.4 Å². The number of hydrogen-bond acceptors (Lipinski definition) is 7. The number of carbonyl (C=O) groups excluding carboxylic acids is 5. The lowest BCUT2D eigenvalue weighted by molar-refractivity contribution is -0.121. The quantitative estimate of drug-likeness (QED) is 0.127. The van der Waals surface area contributed by atoms with Gasteiger partial charge in [0.05, 0.1) is 23.1 Å². The number of nitrogens with one attached hydrogen (secondary N) is 2. The minimum absolute atomic E-state index is 0.0409. The van der Waals surface area contributed by atoms with Crippen molar-refractivity contribution < 1.29 is 33.1 Å². The van der Waals surface area contributed by atoms with Crippen molar-refractivity contribution in [1.29, 1.82) is 0 Å². The monoisotopic (exact) mass is 637 g/mol. The maximum Gasteiger partial charge on any atom is 0.338 e. The Balaban J connectivity index is 1.30. The Bertz CT molecular complexity index is 1830. The molecule has 0 spiro atoms. The van der Waals surface area contributed by atoms with Crippen LogP contribution in [0.4, 0.5) is 15.8 Å². The van der Waals surface area contributed by atoms with E-state index in [4.69, 9.17) is 4.74 Å². The molecule has 1 atom stereocenters. The molecule has 1 fully saturated rings. The molecular formula is C35H28FN3O6S. The van der Waals surface area contributed by atoms with Gasteiger partial charge in [0.15, 0.2) is 0 Å². The Morgan fingerprint density at radius 2 is 1.63 bits per heavy atom. The molecule has 232 valence electrons. The minimum Gasteiger partial charge on any atom is -0.462 e.